The van der Waals surface area contributed by atoms with Crippen molar-refractivity contribution in [1.29, 1.82) is 0 Å². The number of H-pyrrole nitrogens is 2. The molecule has 2 aliphatic heterocycles. The van der Waals surface area contributed by atoms with Crippen molar-refractivity contribution in [1.82, 2.24) is 40.4 Å². The van der Waals surface area contributed by atoms with E-state index in [2.05, 4.69) is 88.2 Å². The molecule has 4 amide bonds. The van der Waals surface area contributed by atoms with Gasteiger partial charge in [-0.2, -0.15) is 0 Å². The maximum absolute atomic E-state index is 14.3. The van der Waals surface area contributed by atoms with Crippen molar-refractivity contribution in [2.45, 2.75) is 77.0 Å². The van der Waals surface area contributed by atoms with Gasteiger partial charge in [0.2, 0.25) is 5.91 Å². The lowest BCUT2D eigenvalue weighted by atomic mass is 9.96. The molecule has 336 valence electrons. The fourth-order valence-corrected chi connectivity index (χ4v) is 9.85. The summed E-state index contributed by atoms with van der Waals surface area (Å²) in [5, 5.41) is 7.69. The van der Waals surface area contributed by atoms with Gasteiger partial charge in [-0.15, -0.1) is 0 Å². The number of amides is 4. The van der Waals surface area contributed by atoms with Gasteiger partial charge in [-0.05, 0) is 88.1 Å². The van der Waals surface area contributed by atoms with Crippen LogP contribution in [0, 0.1) is 17.3 Å². The first-order valence-electron chi connectivity index (χ1n) is 22.6. The second-order valence-corrected chi connectivity index (χ2v) is 18.2. The van der Waals surface area contributed by atoms with Crippen LogP contribution in [0.5, 0.6) is 0 Å². The predicted octanol–water partition coefficient (Wildman–Crippen LogP) is 9.12. The standard InChI is InChI=1S/C51H56N8O6/c1-6-31-20-23-58(47(60)42(30(2)3)56-49(62)64-4)44(31)46-53-27-39(55-46)33-14-12-32(13-15-33)35-16-17-37-25-38(19-18-36(37)24-35)40-28-52-45(54-40)41-26-51(21-22-51)29-59(41)48(61)43(57-50(63)65-5)34-10-8-7-9-11-34/h7-19,24-25,27-28,30-31,41-44H,6,20-23,26,29H2,1-5H3,(H,52,54)(H,53,55)(H,56,62)(H,57,63)/t31-,41+,42+,43-,44+/m1/s1. The molecular weight excluding hydrogens is 821 g/mol. The number of methoxy groups -OCH3 is 2. The first kappa shape index (κ1) is 43.3. The average molecular weight is 877 g/mol. The Kier molecular flexibility index (Phi) is 11.9. The van der Waals surface area contributed by atoms with E-state index in [1.807, 2.05) is 66.4 Å². The summed E-state index contributed by atoms with van der Waals surface area (Å²) in [7, 11) is 2.60. The highest BCUT2D eigenvalue weighted by molar-refractivity contribution is 5.91. The zero-order valence-corrected chi connectivity index (χ0v) is 37.5. The van der Waals surface area contributed by atoms with Crippen LogP contribution in [0.4, 0.5) is 9.59 Å². The van der Waals surface area contributed by atoms with Gasteiger partial charge in [0, 0.05) is 18.7 Å². The summed E-state index contributed by atoms with van der Waals surface area (Å²) < 4.78 is 9.71. The molecule has 14 heteroatoms. The Morgan fingerprint density at radius 3 is 2.00 bits per heavy atom. The lowest BCUT2D eigenvalue weighted by molar-refractivity contribution is -0.136. The molecule has 2 saturated heterocycles. The van der Waals surface area contributed by atoms with Crippen molar-refractivity contribution in [2.75, 3.05) is 27.3 Å². The van der Waals surface area contributed by atoms with E-state index in [9.17, 15) is 19.2 Å². The molecule has 4 heterocycles. The number of alkyl carbamates (subject to hydrolysis) is 2. The van der Waals surface area contributed by atoms with Crippen LogP contribution in [0.15, 0.2) is 103 Å². The second kappa shape index (κ2) is 17.9. The minimum atomic E-state index is -0.882. The highest BCUT2D eigenvalue weighted by atomic mass is 16.5. The topological polar surface area (TPSA) is 175 Å². The van der Waals surface area contributed by atoms with Crippen LogP contribution in [0.2, 0.25) is 0 Å². The SMILES string of the molecule is CC[C@@H]1CCN(C(=O)[C@@H](NC(=O)OC)C(C)C)[C@@H]1c1ncc(-c2ccc(-c3ccc4cc(-c5cnc([C@@H]6CC7(CC7)CN6C(=O)[C@H](NC(=O)OC)c6ccccc6)[nH]5)ccc4c3)cc2)[nH]1. The number of rotatable bonds is 12. The third-order valence-corrected chi connectivity index (χ3v) is 13.8. The molecule has 0 bridgehead atoms. The summed E-state index contributed by atoms with van der Waals surface area (Å²) in [6, 6.07) is 28.4. The quantitative estimate of drug-likeness (QED) is 0.0942. The van der Waals surface area contributed by atoms with E-state index in [-0.39, 0.29) is 41.1 Å². The lowest BCUT2D eigenvalue weighted by Crippen LogP contribution is -2.51. The maximum atomic E-state index is 14.3. The summed E-state index contributed by atoms with van der Waals surface area (Å²) in [6.07, 6.45) is 7.09. The van der Waals surface area contributed by atoms with E-state index in [0.717, 1.165) is 88.2 Å². The third-order valence-electron chi connectivity index (χ3n) is 13.8. The zero-order valence-electron chi connectivity index (χ0n) is 37.5. The van der Waals surface area contributed by atoms with Crippen molar-refractivity contribution >= 4 is 34.8 Å². The number of hydrogen-bond acceptors (Lipinski definition) is 8. The van der Waals surface area contributed by atoms with E-state index in [1.54, 1.807) is 0 Å². The number of nitrogens with one attached hydrogen (secondary N) is 4. The largest absolute Gasteiger partial charge is 0.453 e. The van der Waals surface area contributed by atoms with Gasteiger partial charge in [0.15, 0.2) is 0 Å². The Morgan fingerprint density at radius 1 is 0.738 bits per heavy atom. The van der Waals surface area contributed by atoms with Crippen molar-refractivity contribution in [3.8, 4) is 33.6 Å². The maximum Gasteiger partial charge on any atom is 0.407 e. The molecule has 2 aromatic heterocycles. The summed E-state index contributed by atoms with van der Waals surface area (Å²) in [5.74, 6) is 1.28. The number of ether oxygens (including phenoxy) is 2. The molecule has 5 atom stereocenters. The fourth-order valence-electron chi connectivity index (χ4n) is 9.85. The lowest BCUT2D eigenvalue weighted by Gasteiger charge is -2.31. The monoisotopic (exact) mass is 876 g/mol. The van der Waals surface area contributed by atoms with Gasteiger partial charge in [-0.1, -0.05) is 106 Å². The number of nitrogens with zero attached hydrogens (tertiary/aromatic N) is 4. The molecule has 4 N–H and O–H groups in total. The van der Waals surface area contributed by atoms with Crippen LogP contribution in [-0.4, -0.2) is 87.1 Å². The average Bonchev–Trinajstić information content (AvgIpc) is 3.83. The Hall–Kier alpha value is -6.96. The van der Waals surface area contributed by atoms with Crippen LogP contribution in [0.25, 0.3) is 44.4 Å². The molecule has 3 aliphatic rings. The first-order chi connectivity index (χ1) is 31.5. The van der Waals surface area contributed by atoms with E-state index < -0.39 is 24.3 Å². The van der Waals surface area contributed by atoms with E-state index in [1.165, 1.54) is 14.2 Å². The molecule has 6 aromatic rings. The van der Waals surface area contributed by atoms with Gasteiger partial charge in [-0.3, -0.25) is 9.59 Å². The highest BCUT2D eigenvalue weighted by Gasteiger charge is 2.55. The number of aromatic nitrogens is 4. The highest BCUT2D eigenvalue weighted by Crippen LogP contribution is 2.58. The molecular formula is C51H56N8O6. The Labute approximate surface area is 378 Å². The minimum Gasteiger partial charge on any atom is -0.453 e. The molecule has 4 aromatic carbocycles. The van der Waals surface area contributed by atoms with Crippen LogP contribution < -0.4 is 10.6 Å². The molecule has 65 heavy (non-hydrogen) atoms. The van der Waals surface area contributed by atoms with Crippen molar-refractivity contribution in [2.24, 2.45) is 17.3 Å². The van der Waals surface area contributed by atoms with E-state index >= 15 is 0 Å². The molecule has 14 nitrogen and oxygen atoms in total. The van der Waals surface area contributed by atoms with Gasteiger partial charge in [-0.25, -0.2) is 19.6 Å². The predicted molar refractivity (Wildman–Crippen MR) is 247 cm³/mol. The van der Waals surface area contributed by atoms with Crippen LogP contribution >= 0.6 is 0 Å². The molecule has 0 unspecified atom stereocenters. The van der Waals surface area contributed by atoms with Gasteiger partial charge < -0.3 is 39.9 Å². The smallest absolute Gasteiger partial charge is 0.407 e. The van der Waals surface area contributed by atoms with Gasteiger partial charge >= 0.3 is 12.2 Å². The van der Waals surface area contributed by atoms with Crippen molar-refractivity contribution in [3.63, 3.8) is 0 Å². The van der Waals surface area contributed by atoms with Gasteiger partial charge in [0.05, 0.1) is 50.1 Å². The molecule has 9 rings (SSSR count). The molecule has 3 fully saturated rings. The number of likely N-dealkylation sites (tertiary alicyclic amines) is 2. The first-order valence-corrected chi connectivity index (χ1v) is 22.6. The Morgan fingerprint density at radius 2 is 1.34 bits per heavy atom. The number of aromatic amines is 2. The number of imidazole rings is 2. The van der Waals surface area contributed by atoms with E-state index in [4.69, 9.17) is 19.4 Å². The number of hydrogen-bond donors (Lipinski definition) is 4. The van der Waals surface area contributed by atoms with Crippen LogP contribution in [0.1, 0.15) is 88.2 Å². The number of carbonyl (C=O) groups is 4. The Balaban J connectivity index is 0.899. The van der Waals surface area contributed by atoms with Gasteiger partial charge in [0.1, 0.15) is 23.7 Å². The summed E-state index contributed by atoms with van der Waals surface area (Å²) >= 11 is 0. The van der Waals surface area contributed by atoms with Crippen molar-refractivity contribution < 1.29 is 28.7 Å². The molecule has 0 radical (unpaired) electrons. The van der Waals surface area contributed by atoms with E-state index in [0.29, 0.717) is 18.7 Å². The van der Waals surface area contributed by atoms with Gasteiger partial charge in [0.25, 0.3) is 5.91 Å². The van der Waals surface area contributed by atoms with Crippen molar-refractivity contribution in [3.05, 3.63) is 121 Å². The summed E-state index contributed by atoms with van der Waals surface area (Å²) in [6.45, 7) is 7.18. The second-order valence-electron chi connectivity index (χ2n) is 18.2. The Bertz CT molecular complexity index is 2710. The number of carbonyl (C=O) groups excluding carboxylic acids is 4. The fraction of sp³-hybridized carbons (Fsp3) is 0.373. The summed E-state index contributed by atoms with van der Waals surface area (Å²) in [5.41, 5.74) is 6.65. The molecule has 1 aliphatic carbocycles. The summed E-state index contributed by atoms with van der Waals surface area (Å²) in [4.78, 5) is 73.1. The minimum absolute atomic E-state index is 0.0767. The number of benzene rings is 4. The number of fused-ring (bicyclic) bond motifs is 1. The molecule has 1 spiro atoms. The molecule has 1 saturated carbocycles. The van der Waals surface area contributed by atoms with Crippen LogP contribution in [0.3, 0.4) is 0 Å². The normalized spacial score (nSPS) is 19.6. The van der Waals surface area contributed by atoms with Crippen LogP contribution in [-0.2, 0) is 19.1 Å². The third kappa shape index (κ3) is 8.69. The zero-order chi connectivity index (χ0) is 45.4.